The molecule has 0 radical (unpaired) electrons. The van der Waals surface area contributed by atoms with Gasteiger partial charge in [0, 0.05) is 12.1 Å². The second-order valence-corrected chi connectivity index (χ2v) is 10.6. The molecule has 146 valence electrons. The Morgan fingerprint density at radius 2 is 1.78 bits per heavy atom. The second-order valence-electron chi connectivity index (χ2n) is 4.98. The highest BCUT2D eigenvalue weighted by Gasteiger charge is 2.31. The summed E-state index contributed by atoms with van der Waals surface area (Å²) in [6.07, 6.45) is -5.27. The normalized spacial score (nSPS) is 11.9. The zero-order valence-corrected chi connectivity index (χ0v) is 16.0. The number of nitro benzene ring substituents is 1. The molecule has 2 rings (SSSR count). The predicted molar refractivity (Wildman–Crippen MR) is 94.4 cm³/mol. The lowest BCUT2D eigenvalue weighted by molar-refractivity contribution is -0.385. The molecule has 0 aliphatic heterocycles. The Hall–Kier alpha value is -1.67. The minimum atomic E-state index is -4.58. The fourth-order valence-electron chi connectivity index (χ4n) is 1.86. The lowest BCUT2D eigenvalue weighted by atomic mass is 10.2. The molecule has 6 nitrogen and oxygen atoms in total. The van der Waals surface area contributed by atoms with Crippen molar-refractivity contribution in [1.29, 1.82) is 0 Å². The Bertz CT molecular complexity index is 919. The van der Waals surface area contributed by atoms with Gasteiger partial charge in [-0.15, -0.1) is 0 Å². The molecular formula is C14H8Cl3F3NO5P. The minimum Gasteiger partial charge on any atom is -0.476 e. The first-order valence-corrected chi connectivity index (χ1v) is 10.9. The van der Waals surface area contributed by atoms with Crippen molar-refractivity contribution in [3.63, 3.8) is 0 Å². The van der Waals surface area contributed by atoms with Crippen LogP contribution in [0.5, 0.6) is 17.2 Å². The summed E-state index contributed by atoms with van der Waals surface area (Å²) in [5, 5.41) is 10.7. The van der Waals surface area contributed by atoms with Gasteiger partial charge >= 0.3 is 11.9 Å². The average molecular weight is 465 g/mol. The van der Waals surface area contributed by atoms with Crippen LogP contribution in [-0.4, -0.2) is 11.3 Å². The quantitative estimate of drug-likeness (QED) is 0.260. The molecule has 0 N–H and O–H groups in total. The fourth-order valence-corrected chi connectivity index (χ4v) is 2.66. The Balaban J connectivity index is 2.31. The van der Waals surface area contributed by atoms with Crippen molar-refractivity contribution in [2.24, 2.45) is 0 Å². The van der Waals surface area contributed by atoms with Crippen LogP contribution in [0, 0.1) is 10.1 Å². The largest absolute Gasteiger partial charge is 0.476 e. The summed E-state index contributed by atoms with van der Waals surface area (Å²) >= 11 is 16.5. The van der Waals surface area contributed by atoms with Gasteiger partial charge in [-0.1, -0.05) is 11.6 Å². The summed E-state index contributed by atoms with van der Waals surface area (Å²) < 4.78 is 59.6. The molecule has 2 aromatic rings. The summed E-state index contributed by atoms with van der Waals surface area (Å²) in [6, 6.07) is 5.71. The van der Waals surface area contributed by atoms with Crippen LogP contribution in [0.25, 0.3) is 0 Å². The maximum Gasteiger partial charge on any atom is 0.416 e. The van der Waals surface area contributed by atoms with Gasteiger partial charge in [0.2, 0.25) is 5.75 Å². The molecule has 0 spiro atoms. The van der Waals surface area contributed by atoms with E-state index in [0.29, 0.717) is 6.07 Å². The summed E-state index contributed by atoms with van der Waals surface area (Å²) in [6.45, 7) is 0. The number of benzene rings is 2. The number of rotatable bonds is 6. The number of alkyl halides is 3. The van der Waals surface area contributed by atoms with Gasteiger partial charge in [-0.3, -0.25) is 14.7 Å². The Morgan fingerprint density at radius 1 is 1.11 bits per heavy atom. The standard InChI is InChI=1S/C14H8Cl3F3NO5P/c15-10-5-8(14(18,19)20)1-4-12(10)26-9-2-3-11(21(22)23)13(6-9)25-7-27(16,17)24/h1-6H,7H2. The van der Waals surface area contributed by atoms with Crippen molar-refractivity contribution in [2.45, 2.75) is 6.18 Å². The van der Waals surface area contributed by atoms with Gasteiger partial charge in [-0.25, -0.2) is 0 Å². The lowest BCUT2D eigenvalue weighted by Gasteiger charge is -2.12. The van der Waals surface area contributed by atoms with Gasteiger partial charge in [0.25, 0.3) is 5.85 Å². The third kappa shape index (κ3) is 6.17. The molecule has 27 heavy (non-hydrogen) atoms. The number of nitro groups is 1. The smallest absolute Gasteiger partial charge is 0.416 e. The van der Waals surface area contributed by atoms with E-state index in [2.05, 4.69) is 0 Å². The van der Waals surface area contributed by atoms with Gasteiger partial charge in [-0.2, -0.15) is 13.2 Å². The van der Waals surface area contributed by atoms with E-state index in [1.807, 2.05) is 0 Å². The van der Waals surface area contributed by atoms with Gasteiger partial charge in [0.05, 0.1) is 15.5 Å². The molecule has 0 aromatic heterocycles. The van der Waals surface area contributed by atoms with Crippen LogP contribution in [0.2, 0.25) is 5.02 Å². The number of halogens is 6. The molecule has 0 atom stereocenters. The van der Waals surface area contributed by atoms with Gasteiger partial charge in [-0.05, 0) is 46.7 Å². The van der Waals surface area contributed by atoms with Crippen molar-refractivity contribution < 1.29 is 32.1 Å². The molecule has 0 heterocycles. The van der Waals surface area contributed by atoms with Gasteiger partial charge < -0.3 is 9.47 Å². The van der Waals surface area contributed by atoms with Crippen molar-refractivity contribution in [2.75, 3.05) is 6.35 Å². The molecule has 0 bridgehead atoms. The van der Waals surface area contributed by atoms with Crippen LogP contribution in [0.4, 0.5) is 18.9 Å². The highest BCUT2D eigenvalue weighted by molar-refractivity contribution is 8.08. The first-order chi connectivity index (χ1) is 12.4. The third-order valence-corrected chi connectivity index (χ3v) is 4.30. The zero-order valence-electron chi connectivity index (χ0n) is 12.9. The average Bonchev–Trinajstić information content (AvgIpc) is 2.53. The number of hydrogen-bond acceptors (Lipinski definition) is 5. The molecule has 0 fully saturated rings. The van der Waals surface area contributed by atoms with E-state index < -0.39 is 34.5 Å². The zero-order chi connectivity index (χ0) is 20.4. The van der Waals surface area contributed by atoms with E-state index in [4.69, 9.17) is 43.6 Å². The van der Waals surface area contributed by atoms with Crippen LogP contribution in [0.15, 0.2) is 36.4 Å². The van der Waals surface area contributed by atoms with E-state index in [9.17, 15) is 27.9 Å². The van der Waals surface area contributed by atoms with Crippen LogP contribution in [-0.2, 0) is 10.7 Å². The molecule has 13 heteroatoms. The molecular weight excluding hydrogens is 456 g/mol. The monoisotopic (exact) mass is 463 g/mol. The minimum absolute atomic E-state index is 0.0313. The summed E-state index contributed by atoms with van der Waals surface area (Å²) in [5.74, 6) is -4.16. The van der Waals surface area contributed by atoms with Gasteiger partial charge in [0.1, 0.15) is 11.5 Å². The summed E-state index contributed by atoms with van der Waals surface area (Å²) in [7, 11) is 0. The van der Waals surface area contributed by atoms with Crippen molar-refractivity contribution in [3.05, 3.63) is 57.1 Å². The molecule has 0 saturated heterocycles. The van der Waals surface area contributed by atoms with Gasteiger partial charge in [0.15, 0.2) is 6.35 Å². The first kappa shape index (κ1) is 21.6. The molecule has 0 aliphatic carbocycles. The van der Waals surface area contributed by atoms with Crippen LogP contribution in [0.1, 0.15) is 5.56 Å². The van der Waals surface area contributed by atoms with E-state index in [1.54, 1.807) is 0 Å². The van der Waals surface area contributed by atoms with Crippen LogP contribution < -0.4 is 9.47 Å². The topological polar surface area (TPSA) is 78.7 Å². The highest BCUT2D eigenvalue weighted by atomic mass is 35.9. The molecule has 0 aliphatic rings. The van der Waals surface area contributed by atoms with Crippen LogP contribution >= 0.6 is 39.9 Å². The molecule has 0 unspecified atom stereocenters. The maximum absolute atomic E-state index is 12.7. The van der Waals surface area contributed by atoms with E-state index in [0.717, 1.165) is 24.3 Å². The van der Waals surface area contributed by atoms with E-state index in [1.165, 1.54) is 6.07 Å². The summed E-state index contributed by atoms with van der Waals surface area (Å²) in [4.78, 5) is 10.3. The predicted octanol–water partition coefficient (Wildman–Crippen LogP) is 7.07. The third-order valence-electron chi connectivity index (χ3n) is 2.99. The number of hydrogen-bond donors (Lipinski definition) is 0. The first-order valence-electron chi connectivity index (χ1n) is 6.81. The molecule has 0 amide bonds. The van der Waals surface area contributed by atoms with Crippen molar-refractivity contribution in [3.8, 4) is 17.2 Å². The molecule has 0 saturated carbocycles. The Labute approximate surface area is 164 Å². The molecule has 2 aromatic carbocycles. The second kappa shape index (κ2) is 8.14. The highest BCUT2D eigenvalue weighted by Crippen LogP contribution is 2.56. The van der Waals surface area contributed by atoms with Crippen molar-refractivity contribution >= 4 is 45.6 Å². The Kier molecular flexibility index (Phi) is 6.52. The maximum atomic E-state index is 12.7. The Morgan fingerprint density at radius 3 is 2.30 bits per heavy atom. The lowest BCUT2D eigenvalue weighted by Crippen LogP contribution is -2.04. The van der Waals surface area contributed by atoms with E-state index in [-0.39, 0.29) is 22.3 Å². The number of ether oxygens (including phenoxy) is 2. The summed E-state index contributed by atoms with van der Waals surface area (Å²) in [5.41, 5.74) is -1.45. The van der Waals surface area contributed by atoms with E-state index >= 15 is 0 Å². The van der Waals surface area contributed by atoms with Crippen molar-refractivity contribution in [1.82, 2.24) is 0 Å². The van der Waals surface area contributed by atoms with Crippen LogP contribution in [0.3, 0.4) is 0 Å². The fraction of sp³-hybridized carbons (Fsp3) is 0.143. The number of nitrogens with zero attached hydrogens (tertiary/aromatic N) is 1. The SMILES string of the molecule is O=[N+]([O-])c1ccc(Oc2ccc(C(F)(F)F)cc2Cl)cc1OCP(=O)(Cl)Cl.